The molecule has 2 unspecified atom stereocenters. The molecule has 3 heteroatoms. The molecule has 0 saturated carbocycles. The number of hydrogen-bond acceptors (Lipinski definition) is 2. The number of benzene rings is 1. The number of nitrogens with zero attached hydrogens (tertiary/aromatic N) is 1. The molecule has 2 nitrogen and oxygen atoms in total. The van der Waals surface area contributed by atoms with Crippen molar-refractivity contribution in [3.05, 3.63) is 47.5 Å². The van der Waals surface area contributed by atoms with Gasteiger partial charge in [0.25, 0.3) is 0 Å². The van der Waals surface area contributed by atoms with E-state index in [2.05, 4.69) is 61.3 Å². The Labute approximate surface area is 127 Å². The fraction of sp³-hybridized carbons (Fsp3) is 0.529. The van der Waals surface area contributed by atoms with Crippen LogP contribution in [0.4, 0.5) is 0 Å². The molecule has 1 aromatic rings. The van der Waals surface area contributed by atoms with E-state index >= 15 is 0 Å². The maximum atomic E-state index is 5.71. The van der Waals surface area contributed by atoms with Crippen molar-refractivity contribution in [1.29, 1.82) is 0 Å². The van der Waals surface area contributed by atoms with Crippen molar-refractivity contribution in [3.8, 4) is 0 Å². The van der Waals surface area contributed by atoms with Crippen molar-refractivity contribution < 1.29 is 0 Å². The van der Waals surface area contributed by atoms with Gasteiger partial charge in [-0.3, -0.25) is 4.90 Å². The van der Waals surface area contributed by atoms with Gasteiger partial charge in [0.15, 0.2) is 0 Å². The zero-order valence-electron chi connectivity index (χ0n) is 12.6. The topological polar surface area (TPSA) is 15.3 Å². The van der Waals surface area contributed by atoms with Crippen LogP contribution in [0, 0.1) is 5.41 Å². The molecular weight excluding hydrogens is 268 g/mol. The minimum absolute atomic E-state index is 0.259. The first-order valence-corrected chi connectivity index (χ1v) is 7.73. The Bertz CT molecular complexity index is 436. The number of halogens is 1. The summed E-state index contributed by atoms with van der Waals surface area (Å²) in [6, 6.07) is 11.6. The molecule has 1 aliphatic heterocycles. The average Bonchev–Trinajstić information content (AvgIpc) is 2.44. The summed E-state index contributed by atoms with van der Waals surface area (Å²) in [4.78, 5) is 2.53. The minimum Gasteiger partial charge on any atom is -0.307 e. The lowest BCUT2D eigenvalue weighted by Crippen LogP contribution is -2.57. The first-order valence-electron chi connectivity index (χ1n) is 7.30. The third-order valence-corrected chi connectivity index (χ3v) is 4.22. The quantitative estimate of drug-likeness (QED) is 0.911. The van der Waals surface area contributed by atoms with Crippen LogP contribution in [0.2, 0.25) is 0 Å². The molecule has 1 N–H and O–H groups in total. The Morgan fingerprint density at radius 1 is 1.30 bits per heavy atom. The SMILES string of the molecule is CC(C)(C)C1CNC(c2ccccc2)CN1C/C=C/Cl. The van der Waals surface area contributed by atoms with Gasteiger partial charge in [0.2, 0.25) is 0 Å². The zero-order chi connectivity index (χ0) is 14.6. The van der Waals surface area contributed by atoms with Crippen molar-refractivity contribution in [3.63, 3.8) is 0 Å². The fourth-order valence-corrected chi connectivity index (χ4v) is 3.03. The van der Waals surface area contributed by atoms with Crippen LogP contribution in [-0.4, -0.2) is 30.6 Å². The maximum absolute atomic E-state index is 5.71. The molecule has 110 valence electrons. The summed E-state index contributed by atoms with van der Waals surface area (Å²) in [5.74, 6) is 0. The van der Waals surface area contributed by atoms with Gasteiger partial charge >= 0.3 is 0 Å². The molecule has 2 rings (SSSR count). The van der Waals surface area contributed by atoms with E-state index in [1.165, 1.54) is 5.56 Å². The summed E-state index contributed by atoms with van der Waals surface area (Å²) >= 11 is 5.71. The molecule has 0 amide bonds. The van der Waals surface area contributed by atoms with Crippen molar-refractivity contribution in [2.75, 3.05) is 19.6 Å². The molecule has 2 atom stereocenters. The number of hydrogen-bond donors (Lipinski definition) is 1. The monoisotopic (exact) mass is 292 g/mol. The molecule has 0 spiro atoms. The van der Waals surface area contributed by atoms with E-state index in [4.69, 9.17) is 11.6 Å². The first kappa shape index (κ1) is 15.6. The lowest BCUT2D eigenvalue weighted by atomic mass is 9.83. The third-order valence-electron chi connectivity index (χ3n) is 4.05. The van der Waals surface area contributed by atoms with E-state index in [0.717, 1.165) is 19.6 Å². The highest BCUT2D eigenvalue weighted by molar-refractivity contribution is 6.25. The molecular formula is C17H25ClN2. The second kappa shape index (κ2) is 6.75. The summed E-state index contributed by atoms with van der Waals surface area (Å²) in [6.45, 7) is 9.86. The van der Waals surface area contributed by atoms with Gasteiger partial charge in [0, 0.05) is 37.3 Å². The first-order chi connectivity index (χ1) is 9.52. The van der Waals surface area contributed by atoms with Gasteiger partial charge in [-0.15, -0.1) is 0 Å². The predicted octanol–water partition coefficient (Wildman–Crippen LogP) is 3.80. The molecule has 0 radical (unpaired) electrons. The van der Waals surface area contributed by atoms with E-state index in [1.807, 2.05) is 6.08 Å². The van der Waals surface area contributed by atoms with E-state index in [-0.39, 0.29) is 5.41 Å². The molecule has 0 aromatic heterocycles. The second-order valence-electron chi connectivity index (χ2n) is 6.57. The molecule has 1 aliphatic rings. The number of piperazine rings is 1. The van der Waals surface area contributed by atoms with Gasteiger partial charge in [-0.2, -0.15) is 0 Å². The van der Waals surface area contributed by atoms with Crippen LogP contribution in [0.3, 0.4) is 0 Å². The van der Waals surface area contributed by atoms with Crippen LogP contribution in [0.15, 0.2) is 41.9 Å². The molecule has 1 fully saturated rings. The van der Waals surface area contributed by atoms with Crippen LogP contribution in [0.25, 0.3) is 0 Å². The number of nitrogens with one attached hydrogen (secondary N) is 1. The van der Waals surface area contributed by atoms with Crippen molar-refractivity contribution in [2.45, 2.75) is 32.9 Å². The molecule has 1 heterocycles. The lowest BCUT2D eigenvalue weighted by molar-refractivity contribution is 0.0657. The maximum Gasteiger partial charge on any atom is 0.0450 e. The molecule has 0 aliphatic carbocycles. The Morgan fingerprint density at radius 2 is 2.00 bits per heavy atom. The van der Waals surface area contributed by atoms with Crippen LogP contribution in [0.5, 0.6) is 0 Å². The van der Waals surface area contributed by atoms with E-state index < -0.39 is 0 Å². The molecule has 1 saturated heterocycles. The summed E-state index contributed by atoms with van der Waals surface area (Å²) in [5, 5.41) is 3.70. The molecule has 1 aromatic carbocycles. The third kappa shape index (κ3) is 3.85. The molecule has 0 bridgehead atoms. The van der Waals surface area contributed by atoms with Crippen LogP contribution in [0.1, 0.15) is 32.4 Å². The Kier molecular flexibility index (Phi) is 5.25. The van der Waals surface area contributed by atoms with Gasteiger partial charge in [0.1, 0.15) is 0 Å². The highest BCUT2D eigenvalue weighted by Gasteiger charge is 2.35. The van der Waals surface area contributed by atoms with Crippen molar-refractivity contribution >= 4 is 11.6 Å². The standard InChI is InChI=1S/C17H25ClN2/c1-17(2,3)16-12-19-15(13-20(16)11-7-10-18)14-8-5-4-6-9-14/h4-10,15-16,19H,11-13H2,1-3H3/b10-7+. The second-order valence-corrected chi connectivity index (χ2v) is 6.82. The van der Waals surface area contributed by atoms with Crippen LogP contribution in [-0.2, 0) is 0 Å². The summed E-state index contributed by atoms with van der Waals surface area (Å²) in [7, 11) is 0. The highest BCUT2D eigenvalue weighted by Crippen LogP contribution is 2.29. The predicted molar refractivity (Wildman–Crippen MR) is 87.0 cm³/mol. The average molecular weight is 293 g/mol. The van der Waals surface area contributed by atoms with Crippen molar-refractivity contribution in [1.82, 2.24) is 10.2 Å². The van der Waals surface area contributed by atoms with Gasteiger partial charge < -0.3 is 5.32 Å². The van der Waals surface area contributed by atoms with Gasteiger partial charge in [-0.1, -0.05) is 68.8 Å². The van der Waals surface area contributed by atoms with Gasteiger partial charge in [-0.25, -0.2) is 0 Å². The van der Waals surface area contributed by atoms with E-state index in [9.17, 15) is 0 Å². The normalized spacial score (nSPS) is 25.2. The van der Waals surface area contributed by atoms with E-state index in [0.29, 0.717) is 12.1 Å². The van der Waals surface area contributed by atoms with Crippen molar-refractivity contribution in [2.24, 2.45) is 5.41 Å². The molecule has 20 heavy (non-hydrogen) atoms. The summed E-state index contributed by atoms with van der Waals surface area (Å²) in [5.41, 5.74) is 3.24. The largest absolute Gasteiger partial charge is 0.307 e. The van der Waals surface area contributed by atoms with E-state index in [1.54, 1.807) is 5.54 Å². The Balaban J connectivity index is 2.13. The Hall–Kier alpha value is -0.830. The smallest absolute Gasteiger partial charge is 0.0450 e. The van der Waals surface area contributed by atoms with Gasteiger partial charge in [-0.05, 0) is 11.0 Å². The fourth-order valence-electron chi connectivity index (χ4n) is 2.95. The van der Waals surface area contributed by atoms with Crippen LogP contribution < -0.4 is 5.32 Å². The lowest BCUT2D eigenvalue weighted by Gasteiger charge is -2.46. The summed E-state index contributed by atoms with van der Waals surface area (Å²) < 4.78 is 0. The van der Waals surface area contributed by atoms with Gasteiger partial charge in [0.05, 0.1) is 0 Å². The van der Waals surface area contributed by atoms with Crippen LogP contribution >= 0.6 is 11.6 Å². The number of rotatable bonds is 3. The minimum atomic E-state index is 0.259. The zero-order valence-corrected chi connectivity index (χ0v) is 13.4. The highest BCUT2D eigenvalue weighted by atomic mass is 35.5. The summed E-state index contributed by atoms with van der Waals surface area (Å²) in [6.07, 6.45) is 2.04. The Morgan fingerprint density at radius 3 is 2.60 bits per heavy atom.